The van der Waals surface area contributed by atoms with Crippen LogP contribution in [0, 0.1) is 16.0 Å². The third-order valence-electron chi connectivity index (χ3n) is 5.14. The number of ether oxygens (including phenoxy) is 2. The number of hydrogen-bond acceptors (Lipinski definition) is 5. The Morgan fingerprint density at radius 1 is 1.13 bits per heavy atom. The molecule has 0 aromatic heterocycles. The summed E-state index contributed by atoms with van der Waals surface area (Å²) in [5.74, 6) is 0.930. The zero-order chi connectivity index (χ0) is 21.3. The second-order valence-corrected chi connectivity index (χ2v) is 7.51. The number of anilines is 1. The van der Waals surface area contributed by atoms with E-state index in [0.29, 0.717) is 11.4 Å². The summed E-state index contributed by atoms with van der Waals surface area (Å²) >= 11 is 0. The molecule has 0 aliphatic carbocycles. The lowest BCUT2D eigenvalue weighted by atomic mass is 10.0. The largest absolute Gasteiger partial charge is 0.491 e. The molecule has 1 aliphatic heterocycles. The first-order valence-electron chi connectivity index (χ1n) is 9.83. The summed E-state index contributed by atoms with van der Waals surface area (Å²) in [6.45, 7) is 4.31. The van der Waals surface area contributed by atoms with Crippen LogP contribution in [-0.4, -0.2) is 30.1 Å². The first-order valence-corrected chi connectivity index (χ1v) is 9.83. The number of benzene rings is 3. The van der Waals surface area contributed by atoms with Crippen LogP contribution in [-0.2, 0) is 4.79 Å². The van der Waals surface area contributed by atoms with Crippen LogP contribution in [0.15, 0.2) is 60.7 Å². The molecule has 1 aliphatic rings. The summed E-state index contributed by atoms with van der Waals surface area (Å²) in [7, 11) is 0. The van der Waals surface area contributed by atoms with Crippen molar-refractivity contribution in [1.29, 1.82) is 0 Å². The molecule has 0 saturated heterocycles. The number of nitro groups is 1. The van der Waals surface area contributed by atoms with E-state index in [1.807, 2.05) is 56.3 Å². The van der Waals surface area contributed by atoms with E-state index in [1.54, 1.807) is 6.07 Å². The molecule has 3 aromatic rings. The average Bonchev–Trinajstić information content (AvgIpc) is 2.74. The molecular weight excluding hydrogens is 384 g/mol. The number of hydrogen-bond donors (Lipinski definition) is 0. The summed E-state index contributed by atoms with van der Waals surface area (Å²) in [5, 5.41) is 13.3. The van der Waals surface area contributed by atoms with Gasteiger partial charge in [-0.1, -0.05) is 50.2 Å². The summed E-state index contributed by atoms with van der Waals surface area (Å²) < 4.78 is 11.8. The van der Waals surface area contributed by atoms with E-state index in [0.717, 1.165) is 16.5 Å². The van der Waals surface area contributed by atoms with Gasteiger partial charge in [0.25, 0.3) is 11.6 Å². The predicted octanol–water partition coefficient (Wildman–Crippen LogP) is 4.58. The zero-order valence-electron chi connectivity index (χ0n) is 16.8. The van der Waals surface area contributed by atoms with E-state index in [2.05, 4.69) is 0 Å². The van der Waals surface area contributed by atoms with E-state index in [9.17, 15) is 14.9 Å². The third kappa shape index (κ3) is 3.66. The van der Waals surface area contributed by atoms with E-state index >= 15 is 0 Å². The van der Waals surface area contributed by atoms with Crippen LogP contribution < -0.4 is 14.4 Å². The van der Waals surface area contributed by atoms with Crippen LogP contribution in [0.3, 0.4) is 0 Å². The number of amides is 1. The van der Waals surface area contributed by atoms with Gasteiger partial charge >= 0.3 is 0 Å². The highest BCUT2D eigenvalue weighted by Gasteiger charge is 2.37. The molecule has 7 nitrogen and oxygen atoms in total. The maximum absolute atomic E-state index is 13.0. The summed E-state index contributed by atoms with van der Waals surface area (Å²) in [5.41, 5.74) is 0.306. The van der Waals surface area contributed by atoms with Gasteiger partial charge in [0, 0.05) is 17.5 Å². The highest BCUT2D eigenvalue weighted by molar-refractivity contribution is 6.00. The molecule has 0 saturated carbocycles. The Kier molecular flexibility index (Phi) is 5.27. The molecule has 30 heavy (non-hydrogen) atoms. The molecular formula is C23H22N2O5. The molecule has 3 aromatic carbocycles. The number of carbonyl (C=O) groups excluding carboxylic acids is 1. The van der Waals surface area contributed by atoms with Gasteiger partial charge in [-0.3, -0.25) is 14.9 Å². The van der Waals surface area contributed by atoms with E-state index in [-0.39, 0.29) is 30.7 Å². The Morgan fingerprint density at radius 3 is 2.67 bits per heavy atom. The summed E-state index contributed by atoms with van der Waals surface area (Å²) in [6.07, 6.45) is -0.642. The van der Waals surface area contributed by atoms with Crippen LogP contribution in [0.1, 0.15) is 13.8 Å². The zero-order valence-corrected chi connectivity index (χ0v) is 16.8. The van der Waals surface area contributed by atoms with Crippen molar-refractivity contribution in [3.63, 3.8) is 0 Å². The van der Waals surface area contributed by atoms with E-state index in [4.69, 9.17) is 9.47 Å². The van der Waals surface area contributed by atoms with Gasteiger partial charge in [0.1, 0.15) is 18.1 Å². The average molecular weight is 406 g/mol. The molecule has 1 unspecified atom stereocenters. The van der Waals surface area contributed by atoms with Crippen molar-refractivity contribution in [1.82, 2.24) is 0 Å². The van der Waals surface area contributed by atoms with Crippen molar-refractivity contribution >= 4 is 28.1 Å². The lowest BCUT2D eigenvalue weighted by molar-refractivity contribution is -0.384. The fourth-order valence-corrected chi connectivity index (χ4v) is 3.61. The summed E-state index contributed by atoms with van der Waals surface area (Å²) in [6, 6.07) is 18.0. The van der Waals surface area contributed by atoms with Gasteiger partial charge in [0.15, 0.2) is 6.10 Å². The number of carbonyl (C=O) groups is 1. The lowest BCUT2D eigenvalue weighted by Crippen LogP contribution is -2.49. The van der Waals surface area contributed by atoms with Crippen LogP contribution in [0.2, 0.25) is 0 Å². The molecule has 0 N–H and O–H groups in total. The molecule has 1 amide bonds. The number of non-ortho nitro benzene ring substituents is 1. The topological polar surface area (TPSA) is 81.9 Å². The van der Waals surface area contributed by atoms with Gasteiger partial charge < -0.3 is 14.4 Å². The van der Waals surface area contributed by atoms with Crippen molar-refractivity contribution in [3.8, 4) is 11.5 Å². The monoisotopic (exact) mass is 406 g/mol. The number of fused-ring (bicyclic) bond motifs is 2. The molecule has 0 spiro atoms. The van der Waals surface area contributed by atoms with Gasteiger partial charge in [0.2, 0.25) is 0 Å². The quantitative estimate of drug-likeness (QED) is 0.442. The Morgan fingerprint density at radius 2 is 1.90 bits per heavy atom. The number of rotatable bonds is 6. The van der Waals surface area contributed by atoms with Crippen LogP contribution >= 0.6 is 0 Å². The Labute approximate surface area is 174 Å². The molecule has 154 valence electrons. The normalized spacial score (nSPS) is 15.8. The fraction of sp³-hybridized carbons (Fsp3) is 0.261. The van der Waals surface area contributed by atoms with Crippen molar-refractivity contribution in [2.24, 2.45) is 5.92 Å². The van der Waals surface area contributed by atoms with Crippen molar-refractivity contribution in [3.05, 3.63) is 70.8 Å². The van der Waals surface area contributed by atoms with Crippen molar-refractivity contribution in [2.45, 2.75) is 20.0 Å². The summed E-state index contributed by atoms with van der Waals surface area (Å²) in [4.78, 5) is 25.3. The first kappa shape index (κ1) is 19.7. The molecule has 1 atom stereocenters. The maximum Gasteiger partial charge on any atom is 0.271 e. The molecule has 0 fully saturated rings. The van der Waals surface area contributed by atoms with Crippen LogP contribution in [0.4, 0.5) is 11.4 Å². The number of nitrogens with zero attached hydrogens (tertiary/aromatic N) is 2. The highest BCUT2D eigenvalue weighted by Crippen LogP contribution is 2.38. The highest BCUT2D eigenvalue weighted by atomic mass is 16.6. The molecule has 0 radical (unpaired) electrons. The molecule has 0 bridgehead atoms. The standard InChI is InChI=1S/C23H22N2O5/c1-15(2)22-23(26)24(19-14-17(25(27)28)10-11-21(19)30-22)12-13-29-20-9-5-7-16-6-3-4-8-18(16)20/h3-11,14-15,22H,12-13H2,1-2H3. The lowest BCUT2D eigenvalue weighted by Gasteiger charge is -2.35. The minimum atomic E-state index is -0.642. The smallest absolute Gasteiger partial charge is 0.271 e. The van der Waals surface area contributed by atoms with Crippen molar-refractivity contribution < 1.29 is 19.2 Å². The molecule has 7 heteroatoms. The van der Waals surface area contributed by atoms with Crippen LogP contribution in [0.5, 0.6) is 11.5 Å². The molecule has 4 rings (SSSR count). The minimum Gasteiger partial charge on any atom is -0.491 e. The second kappa shape index (κ2) is 8.02. The molecule has 1 heterocycles. The van der Waals surface area contributed by atoms with Crippen molar-refractivity contribution in [2.75, 3.05) is 18.1 Å². The third-order valence-corrected chi connectivity index (χ3v) is 5.14. The van der Waals surface area contributed by atoms with Gasteiger partial charge in [-0.15, -0.1) is 0 Å². The first-order chi connectivity index (χ1) is 14.5. The van der Waals surface area contributed by atoms with Gasteiger partial charge in [0.05, 0.1) is 17.2 Å². The maximum atomic E-state index is 13.0. The van der Waals surface area contributed by atoms with Crippen LogP contribution in [0.25, 0.3) is 10.8 Å². The Balaban J connectivity index is 1.59. The predicted molar refractivity (Wildman–Crippen MR) is 114 cm³/mol. The minimum absolute atomic E-state index is 0.0395. The Hall–Kier alpha value is -3.61. The number of nitro benzene ring substituents is 1. The second-order valence-electron chi connectivity index (χ2n) is 7.51. The Bertz CT molecular complexity index is 1110. The van der Waals surface area contributed by atoms with E-state index in [1.165, 1.54) is 17.0 Å². The fourth-order valence-electron chi connectivity index (χ4n) is 3.61. The van der Waals surface area contributed by atoms with Gasteiger partial charge in [-0.2, -0.15) is 0 Å². The SMILES string of the molecule is CC(C)C1Oc2ccc([N+](=O)[O-])cc2N(CCOc2cccc3ccccc23)C1=O. The van der Waals surface area contributed by atoms with Gasteiger partial charge in [-0.05, 0) is 23.4 Å². The van der Waals surface area contributed by atoms with Gasteiger partial charge in [-0.25, -0.2) is 0 Å². The van der Waals surface area contributed by atoms with E-state index < -0.39 is 11.0 Å².